The van der Waals surface area contributed by atoms with Crippen LogP contribution in [0.4, 0.5) is 17.1 Å². The van der Waals surface area contributed by atoms with E-state index in [1.807, 2.05) is 11.0 Å². The van der Waals surface area contributed by atoms with Crippen molar-refractivity contribution >= 4 is 40.4 Å². The minimum absolute atomic E-state index is 0.0119. The zero-order chi connectivity index (χ0) is 29.1. The van der Waals surface area contributed by atoms with E-state index in [0.717, 1.165) is 5.69 Å². The van der Waals surface area contributed by atoms with E-state index >= 15 is 0 Å². The second kappa shape index (κ2) is 14.0. The van der Waals surface area contributed by atoms with Crippen LogP contribution in [0.25, 0.3) is 0 Å². The van der Waals surface area contributed by atoms with Crippen molar-refractivity contribution in [2.45, 2.75) is 19.8 Å². The Labute approximate surface area is 234 Å². The number of phenolic OH excluding ortho intramolecular Hbond substituents is 1. The monoisotopic (exact) mass is 558 g/mol. The van der Waals surface area contributed by atoms with Gasteiger partial charge in [-0.15, -0.1) is 15.3 Å². The molecule has 0 unspecified atom stereocenters. The first kappa shape index (κ1) is 29.2. The number of hydrogen-bond acceptors (Lipinski definition) is 9. The summed E-state index contributed by atoms with van der Waals surface area (Å²) < 4.78 is 0. The second-order valence-electron chi connectivity index (χ2n) is 8.31. The molecule has 3 aromatic carbocycles. The molecule has 0 fully saturated rings. The Balaban J connectivity index is 1.98. The van der Waals surface area contributed by atoms with Crippen LogP contribution >= 0.6 is 11.6 Å². The number of aromatic hydroxyl groups is 1. The Morgan fingerprint density at radius 1 is 1.05 bits per heavy atom. The molecule has 202 valence electrons. The van der Waals surface area contributed by atoms with Gasteiger partial charge in [0.05, 0.1) is 41.2 Å². The van der Waals surface area contributed by atoms with Gasteiger partial charge < -0.3 is 10.0 Å². The zero-order valence-corrected chi connectivity index (χ0v) is 22.0. The molecule has 0 aliphatic rings. The van der Waals surface area contributed by atoms with Gasteiger partial charge in [0, 0.05) is 41.5 Å². The third kappa shape index (κ3) is 7.84. The predicted octanol–water partition coefficient (Wildman–Crippen LogP) is 5.77. The van der Waals surface area contributed by atoms with Gasteiger partial charge in [0.2, 0.25) is 5.84 Å². The molecular weight excluding hydrogens is 536 g/mol. The number of azo groups is 1. The number of carbonyl (C=O) groups is 1. The molecule has 0 heterocycles. The highest BCUT2D eigenvalue weighted by atomic mass is 35.5. The number of hydrazone groups is 1. The number of hydrogen-bond donors (Lipinski definition) is 2. The maximum Gasteiger partial charge on any atom is 0.275 e. The number of nitro benzene ring substituents is 1. The van der Waals surface area contributed by atoms with Gasteiger partial charge in [-0.2, -0.15) is 10.5 Å². The maximum atomic E-state index is 12.7. The lowest BCUT2D eigenvalue weighted by atomic mass is 10.1. The fourth-order valence-corrected chi connectivity index (χ4v) is 3.74. The summed E-state index contributed by atoms with van der Waals surface area (Å²) in [6, 6.07) is 18.9. The third-order valence-corrected chi connectivity index (χ3v) is 5.83. The van der Waals surface area contributed by atoms with Crippen LogP contribution in [-0.4, -0.2) is 34.9 Å². The van der Waals surface area contributed by atoms with Crippen LogP contribution in [0.1, 0.15) is 34.3 Å². The van der Waals surface area contributed by atoms with Crippen LogP contribution < -0.4 is 10.3 Å². The van der Waals surface area contributed by atoms with Crippen LogP contribution in [0.5, 0.6) is 5.75 Å². The van der Waals surface area contributed by atoms with Crippen molar-refractivity contribution in [3.05, 3.63) is 92.5 Å². The molecule has 40 heavy (non-hydrogen) atoms. The van der Waals surface area contributed by atoms with E-state index in [0.29, 0.717) is 29.9 Å². The number of halogens is 1. The van der Waals surface area contributed by atoms with Crippen molar-refractivity contribution in [2.75, 3.05) is 18.0 Å². The molecule has 0 saturated carbocycles. The Kier molecular flexibility index (Phi) is 10.2. The third-order valence-electron chi connectivity index (χ3n) is 5.59. The molecule has 0 bridgehead atoms. The van der Waals surface area contributed by atoms with Gasteiger partial charge in [-0.1, -0.05) is 11.6 Å². The summed E-state index contributed by atoms with van der Waals surface area (Å²) in [6.07, 6.45) is 0.565. The van der Waals surface area contributed by atoms with Gasteiger partial charge in [0.25, 0.3) is 11.6 Å². The van der Waals surface area contributed by atoms with Gasteiger partial charge in [0.1, 0.15) is 5.75 Å². The Morgan fingerprint density at radius 2 is 1.73 bits per heavy atom. The van der Waals surface area contributed by atoms with Crippen molar-refractivity contribution in [1.82, 2.24) is 5.43 Å². The highest BCUT2D eigenvalue weighted by Gasteiger charge is 2.15. The van der Waals surface area contributed by atoms with Crippen LogP contribution in [0, 0.1) is 39.7 Å². The molecule has 12 nitrogen and oxygen atoms in total. The summed E-state index contributed by atoms with van der Waals surface area (Å²) >= 11 is 5.95. The Morgan fingerprint density at radius 3 is 2.33 bits per heavy atom. The minimum Gasteiger partial charge on any atom is -0.507 e. The number of phenols is 1. The number of nitrogens with zero attached hydrogens (tertiary/aromatic N) is 7. The lowest BCUT2D eigenvalue weighted by Gasteiger charge is -2.23. The molecule has 3 aromatic rings. The first-order chi connectivity index (χ1) is 19.2. The van der Waals surface area contributed by atoms with Crippen molar-refractivity contribution in [1.29, 1.82) is 10.5 Å². The molecule has 0 aliphatic heterocycles. The van der Waals surface area contributed by atoms with E-state index in [2.05, 4.69) is 32.9 Å². The highest BCUT2D eigenvalue weighted by Crippen LogP contribution is 2.24. The van der Waals surface area contributed by atoms with Gasteiger partial charge in [-0.25, -0.2) is 5.43 Å². The van der Waals surface area contributed by atoms with Crippen molar-refractivity contribution in [3.63, 3.8) is 0 Å². The first-order valence-corrected chi connectivity index (χ1v) is 12.2. The number of carbonyl (C=O) groups excluding carboxylic acids is 1. The van der Waals surface area contributed by atoms with Crippen molar-refractivity contribution in [3.8, 4) is 17.9 Å². The van der Waals surface area contributed by atoms with Crippen LogP contribution in [0.15, 0.2) is 76.0 Å². The predicted molar refractivity (Wildman–Crippen MR) is 149 cm³/mol. The summed E-state index contributed by atoms with van der Waals surface area (Å²) in [6.45, 7) is 2.68. The molecule has 3 rings (SSSR count). The largest absolute Gasteiger partial charge is 0.507 e. The Bertz CT molecular complexity index is 1520. The number of nitrogens with one attached hydrogen (secondary N) is 1. The lowest BCUT2D eigenvalue weighted by Crippen LogP contribution is -2.25. The molecule has 0 saturated heterocycles. The van der Waals surface area contributed by atoms with Gasteiger partial charge in [-0.3, -0.25) is 14.9 Å². The standard InChI is InChI=1S/C27H23ClN8O4/c1-18-16-22(35(14-2-12-29)15-3-13-30)9-10-23(18)26(32-31-20-5-7-21(8-6-20)36(39)40)33-34-27(38)24-17-19(28)4-11-25(24)37/h4-11,16-17,37H,2-3,14-15H2,1H3,(H,34,38)/b32-31?,33-26+. The van der Waals surface area contributed by atoms with E-state index in [1.165, 1.54) is 42.5 Å². The molecular formula is C27H23ClN8O4. The quantitative estimate of drug-likeness (QED) is 0.104. The number of nitriles is 2. The van der Waals surface area contributed by atoms with Gasteiger partial charge in [-0.05, 0) is 61.0 Å². The molecule has 2 N–H and O–H groups in total. The van der Waals surface area contributed by atoms with Crippen LogP contribution in [0.2, 0.25) is 5.02 Å². The second-order valence-corrected chi connectivity index (χ2v) is 8.75. The summed E-state index contributed by atoms with van der Waals surface area (Å²) in [5.41, 5.74) is 4.45. The normalized spacial score (nSPS) is 11.1. The molecule has 1 amide bonds. The number of aryl methyl sites for hydroxylation is 1. The fraction of sp³-hybridized carbons (Fsp3) is 0.185. The number of rotatable bonds is 10. The number of anilines is 1. The van der Waals surface area contributed by atoms with E-state index in [-0.39, 0.29) is 40.7 Å². The van der Waals surface area contributed by atoms with E-state index < -0.39 is 10.8 Å². The summed E-state index contributed by atoms with van der Waals surface area (Å²) in [4.78, 5) is 25.0. The number of benzene rings is 3. The fourth-order valence-electron chi connectivity index (χ4n) is 3.57. The van der Waals surface area contributed by atoms with E-state index in [1.54, 1.807) is 19.1 Å². The molecule has 0 radical (unpaired) electrons. The topological polar surface area (TPSA) is 180 Å². The first-order valence-electron chi connectivity index (χ1n) is 11.9. The zero-order valence-electron chi connectivity index (χ0n) is 21.3. The Hall–Kier alpha value is -5.33. The van der Waals surface area contributed by atoms with Gasteiger partial charge in [0.15, 0.2) is 0 Å². The SMILES string of the molecule is Cc1cc(N(CCC#N)CCC#N)ccc1/C(N=Nc1ccc([N+](=O)[O-])cc1)=N\NC(=O)c1cc(Cl)ccc1O. The molecule has 0 spiro atoms. The summed E-state index contributed by atoms with van der Waals surface area (Å²) in [5, 5.41) is 51.7. The van der Waals surface area contributed by atoms with Gasteiger partial charge >= 0.3 is 0 Å². The van der Waals surface area contributed by atoms with Crippen LogP contribution in [0.3, 0.4) is 0 Å². The molecule has 13 heteroatoms. The van der Waals surface area contributed by atoms with E-state index in [4.69, 9.17) is 22.1 Å². The maximum absolute atomic E-state index is 12.7. The minimum atomic E-state index is -0.739. The molecule has 0 aromatic heterocycles. The highest BCUT2D eigenvalue weighted by molar-refractivity contribution is 6.31. The van der Waals surface area contributed by atoms with Crippen molar-refractivity contribution < 1.29 is 14.8 Å². The number of nitro groups is 1. The van der Waals surface area contributed by atoms with E-state index in [9.17, 15) is 20.0 Å². The average Bonchev–Trinajstić information content (AvgIpc) is 2.95. The smallest absolute Gasteiger partial charge is 0.275 e. The summed E-state index contributed by atoms with van der Waals surface area (Å²) in [7, 11) is 0. The lowest BCUT2D eigenvalue weighted by molar-refractivity contribution is -0.384. The van der Waals surface area contributed by atoms with Crippen molar-refractivity contribution in [2.24, 2.45) is 15.3 Å². The molecule has 0 atom stereocenters. The number of amides is 1. The van der Waals surface area contributed by atoms with Crippen LogP contribution in [-0.2, 0) is 0 Å². The molecule has 0 aliphatic carbocycles. The summed E-state index contributed by atoms with van der Waals surface area (Å²) in [5.74, 6) is -1.02. The number of non-ortho nitro benzene ring substituents is 1. The average molecular weight is 559 g/mol. The number of amidine groups is 1.